The highest BCUT2D eigenvalue weighted by molar-refractivity contribution is 7.99. The number of aromatic nitrogens is 1. The molecule has 2 heteroatoms. The zero-order valence-electron chi connectivity index (χ0n) is 22.8. The minimum Gasteiger partial charge on any atom is -0.309 e. The average molecular weight is 552 g/mol. The van der Waals surface area contributed by atoms with Crippen LogP contribution in [0.4, 0.5) is 0 Å². The maximum atomic E-state index is 2.43. The van der Waals surface area contributed by atoms with E-state index in [1.807, 2.05) is 11.8 Å². The van der Waals surface area contributed by atoms with Gasteiger partial charge in [0, 0.05) is 37.2 Å². The van der Waals surface area contributed by atoms with Crippen molar-refractivity contribution in [2.75, 3.05) is 0 Å². The maximum Gasteiger partial charge on any atom is 0.0619 e. The summed E-state index contributed by atoms with van der Waals surface area (Å²) in [5.41, 5.74) is 11.2. The second-order valence-electron chi connectivity index (χ2n) is 10.9. The summed E-state index contributed by atoms with van der Waals surface area (Å²) in [6.07, 6.45) is 0. The van der Waals surface area contributed by atoms with E-state index in [0.29, 0.717) is 0 Å². The van der Waals surface area contributed by atoms with E-state index in [2.05, 4.69) is 156 Å². The van der Waals surface area contributed by atoms with Gasteiger partial charge < -0.3 is 4.57 Å². The van der Waals surface area contributed by atoms with E-state index in [0.717, 1.165) is 0 Å². The first kappa shape index (κ1) is 23.6. The third kappa shape index (κ3) is 3.46. The molecule has 1 aliphatic rings. The molecular formula is C40H25NS. The molecule has 0 N–H and O–H groups in total. The summed E-state index contributed by atoms with van der Waals surface area (Å²) in [4.78, 5) is 2.65. The summed E-state index contributed by atoms with van der Waals surface area (Å²) in [5.74, 6) is 0. The van der Waals surface area contributed by atoms with Gasteiger partial charge in [0.05, 0.1) is 11.0 Å². The number of hydrogen-bond acceptors (Lipinski definition) is 1. The Bertz CT molecular complexity index is 2320. The molecule has 2 heterocycles. The van der Waals surface area contributed by atoms with Gasteiger partial charge >= 0.3 is 0 Å². The number of benzene rings is 7. The van der Waals surface area contributed by atoms with E-state index in [1.54, 1.807) is 0 Å². The van der Waals surface area contributed by atoms with Gasteiger partial charge in [0.25, 0.3) is 0 Å². The monoisotopic (exact) mass is 551 g/mol. The predicted octanol–water partition coefficient (Wildman–Crippen LogP) is 11.4. The Kier molecular flexibility index (Phi) is 5.20. The molecule has 7 aromatic carbocycles. The van der Waals surface area contributed by atoms with Gasteiger partial charge in [0.2, 0.25) is 0 Å². The van der Waals surface area contributed by atoms with Crippen molar-refractivity contribution in [2.24, 2.45) is 0 Å². The van der Waals surface area contributed by atoms with E-state index in [-0.39, 0.29) is 0 Å². The van der Waals surface area contributed by atoms with Crippen molar-refractivity contribution in [3.8, 4) is 39.1 Å². The minimum absolute atomic E-state index is 1.17. The molecule has 0 radical (unpaired) electrons. The fourth-order valence-electron chi connectivity index (χ4n) is 6.78. The van der Waals surface area contributed by atoms with Crippen LogP contribution in [-0.4, -0.2) is 4.57 Å². The third-order valence-corrected chi connectivity index (χ3v) is 9.73. The number of para-hydroxylation sites is 3. The number of nitrogens with zero attached hydrogens (tertiary/aromatic N) is 1. The Hall–Kier alpha value is -5.05. The van der Waals surface area contributed by atoms with Crippen molar-refractivity contribution in [3.63, 3.8) is 0 Å². The molecule has 42 heavy (non-hydrogen) atoms. The quantitative estimate of drug-likeness (QED) is 0.211. The highest BCUT2D eigenvalue weighted by Crippen LogP contribution is 2.49. The molecule has 1 nitrogen and oxygen atoms in total. The molecule has 8 aromatic rings. The fourth-order valence-corrected chi connectivity index (χ4v) is 7.91. The molecule has 0 saturated heterocycles. The molecule has 0 saturated carbocycles. The van der Waals surface area contributed by atoms with Crippen LogP contribution in [0.3, 0.4) is 0 Å². The summed E-state index contributed by atoms with van der Waals surface area (Å²) in [6, 6.07) is 55.4. The minimum atomic E-state index is 1.17. The second-order valence-corrected chi connectivity index (χ2v) is 12.0. The van der Waals surface area contributed by atoms with Crippen LogP contribution in [0.25, 0.3) is 71.6 Å². The van der Waals surface area contributed by atoms with Crippen LogP contribution in [0.5, 0.6) is 0 Å². The van der Waals surface area contributed by atoms with Gasteiger partial charge in [-0.15, -0.1) is 0 Å². The SMILES string of the molecule is c1ccc(-n2c3ccccc3c3cccc(-c4ccccc4-c4ccc5c(c4)-c4cccc6cccc(c46)S5)c32)cc1. The zero-order chi connectivity index (χ0) is 27.6. The van der Waals surface area contributed by atoms with Gasteiger partial charge in [0.15, 0.2) is 0 Å². The second kappa shape index (κ2) is 9.24. The molecule has 0 aliphatic carbocycles. The van der Waals surface area contributed by atoms with Crippen LogP contribution in [0, 0.1) is 0 Å². The van der Waals surface area contributed by atoms with E-state index < -0.39 is 0 Å². The number of hydrogen-bond donors (Lipinski definition) is 0. The Morgan fingerprint density at radius 1 is 0.429 bits per heavy atom. The van der Waals surface area contributed by atoms with E-state index in [4.69, 9.17) is 0 Å². The van der Waals surface area contributed by atoms with E-state index >= 15 is 0 Å². The molecule has 0 atom stereocenters. The third-order valence-electron chi connectivity index (χ3n) is 8.59. The lowest BCUT2D eigenvalue weighted by molar-refractivity contribution is 1.18. The molecule has 9 rings (SSSR count). The largest absolute Gasteiger partial charge is 0.309 e. The lowest BCUT2D eigenvalue weighted by Gasteiger charge is -2.21. The Morgan fingerprint density at radius 2 is 1.12 bits per heavy atom. The first-order valence-corrected chi connectivity index (χ1v) is 15.2. The molecule has 0 unspecified atom stereocenters. The zero-order valence-corrected chi connectivity index (χ0v) is 23.6. The number of rotatable bonds is 3. The Labute approximate surface area is 248 Å². The van der Waals surface area contributed by atoms with Gasteiger partial charge in [-0.2, -0.15) is 0 Å². The van der Waals surface area contributed by atoms with Crippen LogP contribution < -0.4 is 0 Å². The van der Waals surface area contributed by atoms with Gasteiger partial charge in [-0.1, -0.05) is 127 Å². The van der Waals surface area contributed by atoms with Crippen LogP contribution >= 0.6 is 11.8 Å². The summed E-state index contributed by atoms with van der Waals surface area (Å²) < 4.78 is 2.43. The van der Waals surface area contributed by atoms with Crippen LogP contribution in [0.2, 0.25) is 0 Å². The molecule has 0 fully saturated rings. The van der Waals surface area contributed by atoms with Crippen molar-refractivity contribution >= 4 is 44.3 Å². The molecule has 1 aliphatic heterocycles. The van der Waals surface area contributed by atoms with Gasteiger partial charge in [0.1, 0.15) is 0 Å². The summed E-state index contributed by atoms with van der Waals surface area (Å²) in [7, 11) is 0. The summed E-state index contributed by atoms with van der Waals surface area (Å²) in [6.45, 7) is 0. The molecule has 196 valence electrons. The molecule has 1 aromatic heterocycles. The van der Waals surface area contributed by atoms with E-state index in [1.165, 1.54) is 81.4 Å². The average Bonchev–Trinajstić information content (AvgIpc) is 3.40. The predicted molar refractivity (Wildman–Crippen MR) is 179 cm³/mol. The molecule has 0 amide bonds. The highest BCUT2D eigenvalue weighted by Gasteiger charge is 2.21. The molecule has 0 spiro atoms. The molecule has 0 bridgehead atoms. The lowest BCUT2D eigenvalue weighted by Crippen LogP contribution is -1.96. The van der Waals surface area contributed by atoms with Gasteiger partial charge in [-0.25, -0.2) is 0 Å². The number of fused-ring (bicyclic) bond motifs is 5. The summed E-state index contributed by atoms with van der Waals surface area (Å²) >= 11 is 1.88. The summed E-state index contributed by atoms with van der Waals surface area (Å²) in [5, 5.41) is 5.20. The highest BCUT2D eigenvalue weighted by atomic mass is 32.2. The maximum absolute atomic E-state index is 2.43. The van der Waals surface area contributed by atoms with Crippen molar-refractivity contribution in [1.82, 2.24) is 4.57 Å². The first-order chi connectivity index (χ1) is 20.8. The van der Waals surface area contributed by atoms with Crippen molar-refractivity contribution in [3.05, 3.63) is 152 Å². The van der Waals surface area contributed by atoms with Crippen LogP contribution in [0.1, 0.15) is 0 Å². The lowest BCUT2D eigenvalue weighted by atomic mass is 9.90. The van der Waals surface area contributed by atoms with E-state index in [9.17, 15) is 0 Å². The fraction of sp³-hybridized carbons (Fsp3) is 0. The van der Waals surface area contributed by atoms with Crippen molar-refractivity contribution < 1.29 is 0 Å². The Morgan fingerprint density at radius 3 is 2.02 bits per heavy atom. The van der Waals surface area contributed by atoms with Crippen LogP contribution in [-0.2, 0) is 0 Å². The van der Waals surface area contributed by atoms with Crippen LogP contribution in [0.15, 0.2) is 161 Å². The molecular weight excluding hydrogens is 527 g/mol. The van der Waals surface area contributed by atoms with Crippen molar-refractivity contribution in [2.45, 2.75) is 9.79 Å². The van der Waals surface area contributed by atoms with Gasteiger partial charge in [-0.3, -0.25) is 0 Å². The Balaban J connectivity index is 1.30. The smallest absolute Gasteiger partial charge is 0.0619 e. The normalized spacial score (nSPS) is 12.2. The standard InChI is InChI=1S/C40H25NS/c1-2-13-28(14-3-1)41-36-21-7-6-17-31(36)34-20-10-19-33(40(34)41)30-16-5-4-15-29(30)27-23-24-37-35(25-27)32-18-8-11-26-12-9-22-38(42-37)39(26)32/h1-25H. The van der Waals surface area contributed by atoms with Gasteiger partial charge in [-0.05, 0) is 69.6 Å². The topological polar surface area (TPSA) is 4.93 Å². The van der Waals surface area contributed by atoms with Crippen molar-refractivity contribution in [1.29, 1.82) is 0 Å². The first-order valence-electron chi connectivity index (χ1n) is 14.4.